The molecule has 1 aliphatic rings. The first-order valence-corrected chi connectivity index (χ1v) is 6.75. The highest BCUT2D eigenvalue weighted by Gasteiger charge is 2.13. The summed E-state index contributed by atoms with van der Waals surface area (Å²) in [5, 5.41) is 10.4. The molecule has 1 aromatic rings. The van der Waals surface area contributed by atoms with Crippen molar-refractivity contribution in [1.82, 2.24) is 4.90 Å². The molecule has 0 radical (unpaired) electrons. The maximum Gasteiger partial charge on any atom is 0.0923 e. The highest BCUT2D eigenvalue weighted by atomic mass is 15.2. The maximum absolute atomic E-state index is 7.17. The van der Waals surface area contributed by atoms with Crippen LogP contribution in [0.4, 0.5) is 11.4 Å². The fourth-order valence-corrected chi connectivity index (χ4v) is 2.20. The summed E-state index contributed by atoms with van der Waals surface area (Å²) in [6, 6.07) is 8.49. The topological polar surface area (TPSA) is 68.4 Å². The van der Waals surface area contributed by atoms with Gasteiger partial charge in [-0.3, -0.25) is 5.41 Å². The number of anilines is 2. The van der Waals surface area contributed by atoms with Crippen LogP contribution in [0.15, 0.2) is 24.3 Å². The minimum absolute atomic E-state index is 0.224. The van der Waals surface area contributed by atoms with Crippen LogP contribution in [0.5, 0.6) is 0 Å². The Balaban J connectivity index is 1.85. The quantitative estimate of drug-likeness (QED) is 0.550. The van der Waals surface area contributed by atoms with Crippen molar-refractivity contribution in [3.63, 3.8) is 0 Å². The van der Waals surface area contributed by atoms with Crippen LogP contribution >= 0.6 is 0 Å². The van der Waals surface area contributed by atoms with Crippen LogP contribution < -0.4 is 16.0 Å². The summed E-state index contributed by atoms with van der Waals surface area (Å²) >= 11 is 0. The number of hydrogen-bond acceptors (Lipinski definition) is 4. The summed E-state index contributed by atoms with van der Waals surface area (Å²) in [7, 11) is 2.17. The lowest BCUT2D eigenvalue weighted by atomic mass is 10.2. The molecular weight excluding hydrogens is 238 g/mol. The molecule has 0 saturated carbocycles. The summed E-state index contributed by atoms with van der Waals surface area (Å²) < 4.78 is 0. The molecule has 0 amide bonds. The van der Waals surface area contributed by atoms with E-state index in [4.69, 9.17) is 11.1 Å². The zero-order chi connectivity index (χ0) is 13.7. The van der Waals surface area contributed by atoms with E-state index in [2.05, 4.69) is 46.4 Å². The van der Waals surface area contributed by atoms with E-state index in [1.165, 1.54) is 5.69 Å². The number of amidine groups is 1. The van der Waals surface area contributed by atoms with Gasteiger partial charge >= 0.3 is 0 Å². The van der Waals surface area contributed by atoms with Crippen molar-refractivity contribution in [3.8, 4) is 0 Å². The summed E-state index contributed by atoms with van der Waals surface area (Å²) in [6.45, 7) is 5.14. The summed E-state index contributed by atoms with van der Waals surface area (Å²) in [5.74, 6) is 0.224. The molecule has 4 N–H and O–H groups in total. The third-order valence-corrected chi connectivity index (χ3v) is 3.46. The zero-order valence-electron chi connectivity index (χ0n) is 11.5. The number of likely N-dealkylation sites (N-methyl/N-ethyl adjacent to an activating group) is 1. The second kappa shape index (κ2) is 6.43. The Morgan fingerprint density at radius 3 is 2.42 bits per heavy atom. The molecule has 104 valence electrons. The van der Waals surface area contributed by atoms with Gasteiger partial charge in [-0.05, 0) is 31.3 Å². The van der Waals surface area contributed by atoms with Gasteiger partial charge in [-0.1, -0.05) is 0 Å². The van der Waals surface area contributed by atoms with Crippen LogP contribution in [0, 0.1) is 5.41 Å². The van der Waals surface area contributed by atoms with Crippen molar-refractivity contribution >= 4 is 17.2 Å². The minimum Gasteiger partial charge on any atom is -0.388 e. The van der Waals surface area contributed by atoms with Crippen LogP contribution in [-0.4, -0.2) is 50.5 Å². The number of piperazine rings is 1. The van der Waals surface area contributed by atoms with E-state index >= 15 is 0 Å². The Kier molecular flexibility index (Phi) is 4.63. The Hall–Kier alpha value is -1.75. The number of benzene rings is 1. The Bertz CT molecular complexity index is 406. The Labute approximate surface area is 114 Å². The first-order chi connectivity index (χ1) is 9.15. The first kappa shape index (κ1) is 13.7. The molecule has 1 aromatic carbocycles. The lowest BCUT2D eigenvalue weighted by molar-refractivity contribution is 0.313. The van der Waals surface area contributed by atoms with E-state index in [0.717, 1.165) is 31.9 Å². The number of nitrogens with zero attached hydrogens (tertiary/aromatic N) is 2. The molecule has 5 nitrogen and oxygen atoms in total. The molecule has 1 saturated heterocycles. The SMILES string of the molecule is CN1CCN(c2ccc(NCCC(=N)N)cc2)CC1. The molecule has 0 aromatic heterocycles. The fourth-order valence-electron chi connectivity index (χ4n) is 2.20. The van der Waals surface area contributed by atoms with Gasteiger partial charge in [-0.15, -0.1) is 0 Å². The Morgan fingerprint density at radius 1 is 1.21 bits per heavy atom. The lowest BCUT2D eigenvalue weighted by Gasteiger charge is -2.34. The van der Waals surface area contributed by atoms with Crippen LogP contribution in [0.2, 0.25) is 0 Å². The second-order valence-electron chi connectivity index (χ2n) is 5.04. The van der Waals surface area contributed by atoms with Gasteiger partial charge in [0.1, 0.15) is 0 Å². The minimum atomic E-state index is 0.224. The molecule has 1 fully saturated rings. The summed E-state index contributed by atoms with van der Waals surface area (Å²) in [6.07, 6.45) is 0.584. The molecule has 2 rings (SSSR count). The van der Waals surface area contributed by atoms with Crippen molar-refractivity contribution < 1.29 is 0 Å². The van der Waals surface area contributed by atoms with Gasteiger partial charge in [0.15, 0.2) is 0 Å². The zero-order valence-corrected chi connectivity index (χ0v) is 11.5. The van der Waals surface area contributed by atoms with Crippen LogP contribution in [0.3, 0.4) is 0 Å². The molecular formula is C14H23N5. The van der Waals surface area contributed by atoms with E-state index in [1.54, 1.807) is 0 Å². The van der Waals surface area contributed by atoms with Crippen molar-refractivity contribution in [2.75, 3.05) is 50.0 Å². The predicted molar refractivity (Wildman–Crippen MR) is 81.2 cm³/mol. The average molecular weight is 261 g/mol. The number of nitrogens with two attached hydrogens (primary N) is 1. The monoisotopic (exact) mass is 261 g/mol. The maximum atomic E-state index is 7.17. The third-order valence-electron chi connectivity index (χ3n) is 3.46. The molecule has 19 heavy (non-hydrogen) atoms. The number of rotatable bonds is 5. The van der Waals surface area contributed by atoms with Crippen LogP contribution in [-0.2, 0) is 0 Å². The van der Waals surface area contributed by atoms with Gasteiger partial charge in [-0.2, -0.15) is 0 Å². The Morgan fingerprint density at radius 2 is 1.84 bits per heavy atom. The van der Waals surface area contributed by atoms with Crippen molar-refractivity contribution in [2.24, 2.45) is 5.73 Å². The van der Waals surface area contributed by atoms with Gasteiger partial charge in [0.05, 0.1) is 5.84 Å². The number of hydrogen-bond donors (Lipinski definition) is 3. The average Bonchev–Trinajstić information content (AvgIpc) is 2.40. The molecule has 0 aliphatic carbocycles. The molecule has 0 spiro atoms. The van der Waals surface area contributed by atoms with Crippen molar-refractivity contribution in [2.45, 2.75) is 6.42 Å². The molecule has 1 heterocycles. The van der Waals surface area contributed by atoms with Gasteiger partial charge < -0.3 is 20.9 Å². The van der Waals surface area contributed by atoms with Gasteiger partial charge in [0, 0.05) is 50.5 Å². The molecule has 0 bridgehead atoms. The van der Waals surface area contributed by atoms with Gasteiger partial charge in [0.2, 0.25) is 0 Å². The number of nitrogens with one attached hydrogen (secondary N) is 2. The van der Waals surface area contributed by atoms with Crippen LogP contribution in [0.25, 0.3) is 0 Å². The van der Waals surface area contributed by atoms with Gasteiger partial charge in [-0.25, -0.2) is 0 Å². The van der Waals surface area contributed by atoms with E-state index in [0.29, 0.717) is 13.0 Å². The van der Waals surface area contributed by atoms with E-state index in [-0.39, 0.29) is 5.84 Å². The third kappa shape index (κ3) is 4.13. The smallest absolute Gasteiger partial charge is 0.0923 e. The summed E-state index contributed by atoms with van der Waals surface area (Å²) in [4.78, 5) is 4.77. The second-order valence-corrected chi connectivity index (χ2v) is 5.04. The highest BCUT2D eigenvalue weighted by Crippen LogP contribution is 2.19. The standard InChI is InChI=1S/C14H23N5/c1-18-8-10-19(11-9-18)13-4-2-12(3-5-13)17-7-6-14(15)16/h2-5,17H,6-11H2,1H3,(H3,15,16). The van der Waals surface area contributed by atoms with Crippen LogP contribution in [0.1, 0.15) is 6.42 Å². The van der Waals surface area contributed by atoms with E-state index in [9.17, 15) is 0 Å². The molecule has 5 heteroatoms. The summed E-state index contributed by atoms with van der Waals surface area (Å²) in [5.41, 5.74) is 7.69. The largest absolute Gasteiger partial charge is 0.388 e. The fraction of sp³-hybridized carbons (Fsp3) is 0.500. The van der Waals surface area contributed by atoms with E-state index < -0.39 is 0 Å². The lowest BCUT2D eigenvalue weighted by Crippen LogP contribution is -2.44. The molecule has 1 aliphatic heterocycles. The van der Waals surface area contributed by atoms with Crippen molar-refractivity contribution in [3.05, 3.63) is 24.3 Å². The first-order valence-electron chi connectivity index (χ1n) is 6.75. The highest BCUT2D eigenvalue weighted by molar-refractivity contribution is 5.77. The van der Waals surface area contributed by atoms with Gasteiger partial charge in [0.25, 0.3) is 0 Å². The van der Waals surface area contributed by atoms with Crippen molar-refractivity contribution in [1.29, 1.82) is 5.41 Å². The molecule has 0 atom stereocenters. The molecule has 0 unspecified atom stereocenters. The predicted octanol–water partition coefficient (Wildman–Crippen LogP) is 1.18. The van der Waals surface area contributed by atoms with E-state index in [1.807, 2.05) is 0 Å². The normalized spacial score (nSPS) is 16.4.